The van der Waals surface area contributed by atoms with Crippen LogP contribution in [0, 0.1) is 0 Å². The molecule has 3 N–H and O–H groups in total. The van der Waals surface area contributed by atoms with Crippen LogP contribution in [0.3, 0.4) is 0 Å². The number of carbonyl (C=O) groups is 2. The van der Waals surface area contributed by atoms with Crippen LogP contribution in [0.25, 0.3) is 11.3 Å². The van der Waals surface area contributed by atoms with Gasteiger partial charge in [-0.25, -0.2) is 9.78 Å². The van der Waals surface area contributed by atoms with Crippen LogP contribution in [0.5, 0.6) is 0 Å². The quantitative estimate of drug-likeness (QED) is 0.759. The summed E-state index contributed by atoms with van der Waals surface area (Å²) in [7, 11) is 0. The van der Waals surface area contributed by atoms with Crippen molar-refractivity contribution in [2.24, 2.45) is 5.73 Å². The zero-order valence-electron chi connectivity index (χ0n) is 12.7. The Labute approximate surface area is 147 Å². The number of primary amides is 1. The number of imide groups is 1. The molecule has 8 heteroatoms. The zero-order chi connectivity index (χ0) is 17.0. The van der Waals surface area contributed by atoms with E-state index in [0.717, 1.165) is 27.4 Å². The van der Waals surface area contributed by atoms with Gasteiger partial charge in [0.1, 0.15) is 0 Å². The molecule has 1 aromatic carbocycles. The van der Waals surface area contributed by atoms with Gasteiger partial charge < -0.3 is 10.3 Å². The highest BCUT2D eigenvalue weighted by molar-refractivity contribution is 9.10. The smallest absolute Gasteiger partial charge is 0.318 e. The van der Waals surface area contributed by atoms with E-state index < -0.39 is 17.2 Å². The number of hydrogen-bond donors (Lipinski definition) is 2. The second-order valence-electron chi connectivity index (χ2n) is 4.79. The minimum absolute atomic E-state index is 0.432. The molecule has 0 radical (unpaired) electrons. The fourth-order valence-corrected chi connectivity index (χ4v) is 3.26. The summed E-state index contributed by atoms with van der Waals surface area (Å²) in [5.74, 6) is -0.432. The van der Waals surface area contributed by atoms with Crippen molar-refractivity contribution in [3.05, 3.63) is 34.9 Å². The van der Waals surface area contributed by atoms with Gasteiger partial charge in [-0.3, -0.25) is 10.1 Å². The van der Waals surface area contributed by atoms with E-state index in [-0.39, 0.29) is 0 Å². The zero-order valence-corrected chi connectivity index (χ0v) is 15.1. The number of urea groups is 1. The molecule has 0 spiro atoms. The first-order valence-corrected chi connectivity index (χ1v) is 8.68. The summed E-state index contributed by atoms with van der Waals surface area (Å²) in [5.41, 5.74) is 6.99. The maximum absolute atomic E-state index is 11.8. The van der Waals surface area contributed by atoms with Gasteiger partial charge in [-0.05, 0) is 31.5 Å². The van der Waals surface area contributed by atoms with Crippen molar-refractivity contribution in [2.75, 3.05) is 0 Å². The molecule has 6 nitrogen and oxygen atoms in total. The number of rotatable bonds is 5. The topological polar surface area (TPSA) is 90.0 Å². The van der Waals surface area contributed by atoms with E-state index in [4.69, 9.17) is 5.73 Å². The monoisotopic (exact) mass is 396 g/mol. The SMILES string of the molecule is CCn1c(-c2ccc(Br)cc2)cnc1S[C@@H](C)C(=O)NC(N)=O. The molecule has 122 valence electrons. The maximum atomic E-state index is 11.8. The number of halogens is 1. The van der Waals surface area contributed by atoms with E-state index in [9.17, 15) is 9.59 Å². The van der Waals surface area contributed by atoms with Crippen LogP contribution in [-0.2, 0) is 11.3 Å². The van der Waals surface area contributed by atoms with Crippen molar-refractivity contribution in [1.82, 2.24) is 14.9 Å². The summed E-state index contributed by atoms with van der Waals surface area (Å²) in [6, 6.07) is 7.10. The fourth-order valence-electron chi connectivity index (χ4n) is 2.04. The van der Waals surface area contributed by atoms with E-state index in [1.54, 1.807) is 13.1 Å². The first kappa shape index (κ1) is 17.6. The van der Waals surface area contributed by atoms with E-state index in [1.807, 2.05) is 35.8 Å². The van der Waals surface area contributed by atoms with Crippen LogP contribution in [0.15, 0.2) is 40.1 Å². The van der Waals surface area contributed by atoms with Crippen LogP contribution < -0.4 is 11.1 Å². The highest BCUT2D eigenvalue weighted by Crippen LogP contribution is 2.29. The second kappa shape index (κ2) is 7.65. The van der Waals surface area contributed by atoms with Crippen LogP contribution >= 0.6 is 27.7 Å². The van der Waals surface area contributed by atoms with Crippen LogP contribution in [0.2, 0.25) is 0 Å². The number of nitrogens with one attached hydrogen (secondary N) is 1. The summed E-state index contributed by atoms with van der Waals surface area (Å²) < 4.78 is 3.04. The van der Waals surface area contributed by atoms with E-state index in [0.29, 0.717) is 0 Å². The number of carbonyl (C=O) groups excluding carboxylic acids is 2. The molecule has 0 aliphatic carbocycles. The first-order chi connectivity index (χ1) is 10.9. The summed E-state index contributed by atoms with van der Waals surface area (Å²) in [4.78, 5) is 27.0. The Hall–Kier alpha value is -1.80. The van der Waals surface area contributed by atoms with Gasteiger partial charge in [-0.1, -0.05) is 39.8 Å². The summed E-state index contributed by atoms with van der Waals surface area (Å²) in [6.45, 7) is 4.44. The molecule has 0 aliphatic rings. The molecule has 1 atom stereocenters. The number of hydrogen-bond acceptors (Lipinski definition) is 4. The number of aromatic nitrogens is 2. The Bertz CT molecular complexity index is 715. The normalized spacial score (nSPS) is 12.0. The van der Waals surface area contributed by atoms with E-state index in [1.165, 1.54) is 11.8 Å². The van der Waals surface area contributed by atoms with Crippen LogP contribution in [0.1, 0.15) is 13.8 Å². The number of nitrogens with two attached hydrogens (primary N) is 1. The van der Waals surface area contributed by atoms with Crippen molar-refractivity contribution >= 4 is 39.6 Å². The summed E-state index contributed by atoms with van der Waals surface area (Å²) in [5, 5.41) is 2.32. The lowest BCUT2D eigenvalue weighted by atomic mass is 10.2. The van der Waals surface area contributed by atoms with Gasteiger partial charge in [0, 0.05) is 11.0 Å². The van der Waals surface area contributed by atoms with Gasteiger partial charge >= 0.3 is 6.03 Å². The number of thioether (sulfide) groups is 1. The Balaban J connectivity index is 2.22. The molecule has 0 aliphatic heterocycles. The second-order valence-corrected chi connectivity index (χ2v) is 7.01. The summed E-state index contributed by atoms with van der Waals surface area (Å²) >= 11 is 4.70. The molecule has 0 fully saturated rings. The average Bonchev–Trinajstić information content (AvgIpc) is 2.89. The lowest BCUT2D eigenvalue weighted by Gasteiger charge is -2.12. The molecular formula is C15H17BrN4O2S. The lowest BCUT2D eigenvalue weighted by Crippen LogP contribution is -2.39. The van der Waals surface area contributed by atoms with Gasteiger partial charge in [0.2, 0.25) is 5.91 Å². The maximum Gasteiger partial charge on any atom is 0.318 e. The Morgan fingerprint density at radius 2 is 2.04 bits per heavy atom. The Morgan fingerprint density at radius 1 is 1.39 bits per heavy atom. The molecule has 3 amide bonds. The lowest BCUT2D eigenvalue weighted by molar-refractivity contribution is -0.119. The van der Waals surface area contributed by atoms with Crippen LogP contribution in [-0.4, -0.2) is 26.7 Å². The molecule has 0 unspecified atom stereocenters. The Kier molecular flexibility index (Phi) is 5.84. The van der Waals surface area contributed by atoms with Crippen molar-refractivity contribution in [1.29, 1.82) is 0 Å². The summed E-state index contributed by atoms with van der Waals surface area (Å²) in [6.07, 6.45) is 1.79. The molecule has 2 aromatic rings. The standard InChI is InChI=1S/C15H17BrN4O2S/c1-3-20-12(10-4-6-11(16)7-5-10)8-18-15(20)23-9(2)13(21)19-14(17)22/h4-9H,3H2,1-2H3,(H3,17,19,21,22)/t9-/m0/s1. The van der Waals surface area contributed by atoms with Crippen molar-refractivity contribution < 1.29 is 9.59 Å². The van der Waals surface area contributed by atoms with Gasteiger partial charge in [0.05, 0.1) is 17.1 Å². The molecule has 0 saturated heterocycles. The minimum Gasteiger partial charge on any atom is -0.351 e. The number of benzene rings is 1. The predicted molar refractivity (Wildman–Crippen MR) is 94.1 cm³/mol. The highest BCUT2D eigenvalue weighted by Gasteiger charge is 2.20. The van der Waals surface area contributed by atoms with Crippen molar-refractivity contribution in [3.63, 3.8) is 0 Å². The van der Waals surface area contributed by atoms with Gasteiger partial charge in [0.25, 0.3) is 0 Å². The third-order valence-electron chi connectivity index (χ3n) is 3.17. The highest BCUT2D eigenvalue weighted by atomic mass is 79.9. The Morgan fingerprint density at radius 3 is 2.61 bits per heavy atom. The molecule has 1 aromatic heterocycles. The predicted octanol–water partition coefficient (Wildman–Crippen LogP) is 3.01. The average molecular weight is 397 g/mol. The van der Waals surface area contributed by atoms with Gasteiger partial charge in [-0.2, -0.15) is 0 Å². The molecule has 23 heavy (non-hydrogen) atoms. The molecule has 0 saturated carbocycles. The third kappa shape index (κ3) is 4.35. The largest absolute Gasteiger partial charge is 0.351 e. The van der Waals surface area contributed by atoms with Gasteiger partial charge in [-0.15, -0.1) is 0 Å². The van der Waals surface area contributed by atoms with Gasteiger partial charge in [0.15, 0.2) is 5.16 Å². The molecule has 0 bridgehead atoms. The van der Waals surface area contributed by atoms with Crippen LogP contribution in [0.4, 0.5) is 4.79 Å². The third-order valence-corrected chi connectivity index (χ3v) is 4.81. The molecule has 2 rings (SSSR count). The fraction of sp³-hybridized carbons (Fsp3) is 0.267. The number of amides is 3. The van der Waals surface area contributed by atoms with Crippen molar-refractivity contribution in [3.8, 4) is 11.3 Å². The van der Waals surface area contributed by atoms with E-state index >= 15 is 0 Å². The molecular weight excluding hydrogens is 380 g/mol. The minimum atomic E-state index is -0.850. The number of nitrogens with zero attached hydrogens (tertiary/aromatic N) is 2. The number of imidazole rings is 1. The first-order valence-electron chi connectivity index (χ1n) is 7.00. The van der Waals surface area contributed by atoms with Crippen molar-refractivity contribution in [2.45, 2.75) is 30.8 Å². The van der Waals surface area contributed by atoms with E-state index in [2.05, 4.69) is 26.2 Å². The molecule has 1 heterocycles.